The summed E-state index contributed by atoms with van der Waals surface area (Å²) in [6.07, 6.45) is 5.30. The molecule has 1 atom stereocenters. The second kappa shape index (κ2) is 12.7. The lowest BCUT2D eigenvalue weighted by Crippen LogP contribution is -2.71. The summed E-state index contributed by atoms with van der Waals surface area (Å²) in [5.41, 5.74) is 3.92. The van der Waals surface area contributed by atoms with E-state index in [1.54, 1.807) is 56.4 Å². The second-order valence-electron chi connectivity index (χ2n) is 14.0. The number of carbonyl (C=O) groups excluding carboxylic acids is 4. The SMILES string of the molecule is COc1cc(-c2cn(C)c(=O)c3cnccc23)cc(OC)c1CN1CC2(CN(CC#Cc3ccc4c(c3)C(=O)N(C3CCC(=O)NC3=O)C4=O)C2)C1. The third-order valence-electron chi connectivity index (χ3n) is 10.5. The van der Waals surface area contributed by atoms with Crippen LogP contribution in [0.5, 0.6) is 11.5 Å². The third kappa shape index (κ3) is 5.60. The number of ether oxygens (including phenoxy) is 2. The van der Waals surface area contributed by atoms with E-state index in [2.05, 4.69) is 31.9 Å². The lowest BCUT2D eigenvalue weighted by Gasteiger charge is -2.60. The van der Waals surface area contributed by atoms with Crippen molar-refractivity contribution in [3.8, 4) is 34.5 Å². The number of imide groups is 2. The standard InChI is InChI=1S/C39H36N6O7/c1-42-17-29(25-10-11-40-16-28(25)36(42)48)24-14-32(51-2)30(33(15-24)52-3)18-44-21-39(22-44)19-43(20-39)12-4-5-23-6-7-26-27(13-23)38(50)45(37(26)49)31-8-9-34(46)41-35(31)47/h6-7,10-11,13-17,31H,8-9,12,18-22H2,1-3H3,(H,41,46,47). The Labute approximate surface area is 299 Å². The first-order valence-electron chi connectivity index (χ1n) is 17.1. The van der Waals surface area contributed by atoms with E-state index >= 15 is 0 Å². The number of likely N-dealkylation sites (tertiary alicyclic amines) is 2. The number of amides is 4. The van der Waals surface area contributed by atoms with Crippen LogP contribution in [0.4, 0.5) is 0 Å². The van der Waals surface area contributed by atoms with Crippen LogP contribution >= 0.6 is 0 Å². The van der Waals surface area contributed by atoms with Crippen LogP contribution in [-0.2, 0) is 23.2 Å². The van der Waals surface area contributed by atoms with E-state index in [1.807, 2.05) is 24.4 Å². The molecule has 0 radical (unpaired) electrons. The number of fused-ring (bicyclic) bond motifs is 2. The maximum atomic E-state index is 13.1. The van der Waals surface area contributed by atoms with Crippen molar-refractivity contribution in [1.29, 1.82) is 0 Å². The molecule has 264 valence electrons. The summed E-state index contributed by atoms with van der Waals surface area (Å²) in [6, 6.07) is 9.75. The fraction of sp³-hybridized carbons (Fsp3) is 0.333. The van der Waals surface area contributed by atoms with Gasteiger partial charge < -0.3 is 14.0 Å². The molecule has 13 nitrogen and oxygen atoms in total. The van der Waals surface area contributed by atoms with E-state index in [-0.39, 0.29) is 34.9 Å². The highest BCUT2D eigenvalue weighted by atomic mass is 16.5. The van der Waals surface area contributed by atoms with Gasteiger partial charge in [0.1, 0.15) is 17.5 Å². The zero-order chi connectivity index (χ0) is 36.3. The maximum absolute atomic E-state index is 13.1. The van der Waals surface area contributed by atoms with Gasteiger partial charge in [0.25, 0.3) is 17.4 Å². The quantitative estimate of drug-likeness (QED) is 0.225. The number of carbonyl (C=O) groups is 4. The normalized spacial score (nSPS) is 19.5. The molecule has 1 N–H and O–H groups in total. The summed E-state index contributed by atoms with van der Waals surface area (Å²) in [6.45, 7) is 4.98. The Hall–Kier alpha value is -5.84. The number of piperidine rings is 1. The molecular formula is C39H36N6O7. The van der Waals surface area contributed by atoms with Crippen molar-refractivity contribution in [1.82, 2.24) is 29.6 Å². The molecule has 2 aromatic carbocycles. The molecule has 1 spiro atoms. The molecule has 2 aromatic heterocycles. The van der Waals surface area contributed by atoms with E-state index in [9.17, 15) is 24.0 Å². The molecule has 8 rings (SSSR count). The van der Waals surface area contributed by atoms with Crippen LogP contribution in [-0.4, -0.2) is 101 Å². The van der Waals surface area contributed by atoms with Crippen LogP contribution < -0.4 is 20.3 Å². The Bertz CT molecular complexity index is 2300. The molecule has 0 saturated carbocycles. The van der Waals surface area contributed by atoms with E-state index in [4.69, 9.17) is 9.47 Å². The summed E-state index contributed by atoms with van der Waals surface area (Å²) in [4.78, 5) is 72.5. The highest BCUT2D eigenvalue weighted by molar-refractivity contribution is 6.23. The number of aryl methyl sites for hydroxylation is 1. The monoisotopic (exact) mass is 700 g/mol. The van der Waals surface area contributed by atoms with E-state index < -0.39 is 29.7 Å². The first-order valence-corrected chi connectivity index (χ1v) is 17.1. The molecule has 13 heteroatoms. The fourth-order valence-electron chi connectivity index (χ4n) is 8.09. The lowest BCUT2D eigenvalue weighted by molar-refractivity contribution is -0.136. The average molecular weight is 701 g/mol. The van der Waals surface area contributed by atoms with Gasteiger partial charge in [-0.25, -0.2) is 0 Å². The summed E-state index contributed by atoms with van der Waals surface area (Å²) in [5.74, 6) is 5.66. The van der Waals surface area contributed by atoms with Crippen molar-refractivity contribution < 1.29 is 28.7 Å². The summed E-state index contributed by atoms with van der Waals surface area (Å²) in [7, 11) is 5.05. The molecule has 0 bridgehead atoms. The molecule has 1 unspecified atom stereocenters. The van der Waals surface area contributed by atoms with Gasteiger partial charge in [-0.05, 0) is 53.8 Å². The first kappa shape index (κ1) is 33.3. The zero-order valence-corrected chi connectivity index (χ0v) is 29.0. The van der Waals surface area contributed by atoms with Crippen molar-refractivity contribution in [2.24, 2.45) is 12.5 Å². The molecule has 4 aromatic rings. The summed E-state index contributed by atoms with van der Waals surface area (Å²) < 4.78 is 13.3. The largest absolute Gasteiger partial charge is 0.496 e. The van der Waals surface area contributed by atoms with Crippen LogP contribution in [0.15, 0.2) is 59.8 Å². The number of nitrogens with one attached hydrogen (secondary N) is 1. The molecule has 4 amide bonds. The van der Waals surface area contributed by atoms with Crippen molar-refractivity contribution in [2.75, 3.05) is 46.9 Å². The summed E-state index contributed by atoms with van der Waals surface area (Å²) >= 11 is 0. The van der Waals surface area contributed by atoms with Crippen molar-refractivity contribution >= 4 is 34.4 Å². The predicted octanol–water partition coefficient (Wildman–Crippen LogP) is 2.19. The average Bonchev–Trinajstić information content (AvgIpc) is 3.35. The van der Waals surface area contributed by atoms with Gasteiger partial charge in [0.15, 0.2) is 0 Å². The molecule has 3 saturated heterocycles. The number of rotatable bonds is 7. The van der Waals surface area contributed by atoms with Crippen molar-refractivity contribution in [3.63, 3.8) is 0 Å². The van der Waals surface area contributed by atoms with E-state index in [0.717, 1.165) is 64.7 Å². The molecule has 0 aliphatic carbocycles. The minimum Gasteiger partial charge on any atom is -0.496 e. The Morgan fingerprint density at radius 2 is 1.60 bits per heavy atom. The van der Waals surface area contributed by atoms with Crippen LogP contribution in [0.1, 0.15) is 44.7 Å². The van der Waals surface area contributed by atoms with Gasteiger partial charge in [-0.2, -0.15) is 0 Å². The maximum Gasteiger partial charge on any atom is 0.262 e. The van der Waals surface area contributed by atoms with Gasteiger partial charge in [-0.1, -0.05) is 11.8 Å². The van der Waals surface area contributed by atoms with Crippen LogP contribution in [0.25, 0.3) is 21.9 Å². The number of aromatic nitrogens is 2. The number of hydrogen-bond acceptors (Lipinski definition) is 10. The Morgan fingerprint density at radius 1 is 0.885 bits per heavy atom. The molecule has 3 fully saturated rings. The Morgan fingerprint density at radius 3 is 2.31 bits per heavy atom. The Balaban J connectivity index is 0.888. The topological polar surface area (TPSA) is 143 Å². The predicted molar refractivity (Wildman–Crippen MR) is 190 cm³/mol. The molecular weight excluding hydrogens is 664 g/mol. The molecule has 52 heavy (non-hydrogen) atoms. The van der Waals surface area contributed by atoms with Gasteiger partial charge >= 0.3 is 0 Å². The second-order valence-corrected chi connectivity index (χ2v) is 14.0. The first-order chi connectivity index (χ1) is 25.1. The van der Waals surface area contributed by atoms with E-state index in [0.29, 0.717) is 24.0 Å². The number of benzene rings is 2. The molecule has 4 aliphatic rings. The number of pyridine rings is 2. The molecule has 6 heterocycles. The van der Waals surface area contributed by atoms with Crippen molar-refractivity contribution in [3.05, 3.63) is 87.6 Å². The van der Waals surface area contributed by atoms with Crippen LogP contribution in [0.3, 0.4) is 0 Å². The van der Waals surface area contributed by atoms with E-state index in [1.165, 1.54) is 0 Å². The van der Waals surface area contributed by atoms with Crippen LogP contribution in [0.2, 0.25) is 0 Å². The minimum absolute atomic E-state index is 0.0743. The highest BCUT2D eigenvalue weighted by Gasteiger charge is 2.51. The number of methoxy groups -OCH3 is 2. The zero-order valence-electron chi connectivity index (χ0n) is 29.0. The van der Waals surface area contributed by atoms with Gasteiger partial charge in [0, 0.05) is 81.3 Å². The smallest absolute Gasteiger partial charge is 0.262 e. The van der Waals surface area contributed by atoms with Gasteiger partial charge in [0.2, 0.25) is 11.8 Å². The third-order valence-corrected chi connectivity index (χ3v) is 10.5. The Kier molecular flexibility index (Phi) is 8.16. The van der Waals surface area contributed by atoms with Gasteiger partial charge in [-0.15, -0.1) is 0 Å². The minimum atomic E-state index is -0.997. The lowest BCUT2D eigenvalue weighted by atomic mass is 9.72. The number of hydrogen-bond donors (Lipinski definition) is 1. The molecule has 4 aliphatic heterocycles. The highest BCUT2D eigenvalue weighted by Crippen LogP contribution is 2.43. The number of nitrogens with zero attached hydrogens (tertiary/aromatic N) is 5. The van der Waals surface area contributed by atoms with Crippen molar-refractivity contribution in [2.45, 2.75) is 25.4 Å². The van der Waals surface area contributed by atoms with Gasteiger partial charge in [-0.3, -0.25) is 49.0 Å². The van der Waals surface area contributed by atoms with Crippen LogP contribution in [0, 0.1) is 17.3 Å². The fourth-order valence-corrected chi connectivity index (χ4v) is 8.09. The summed E-state index contributed by atoms with van der Waals surface area (Å²) in [5, 5.41) is 3.58. The van der Waals surface area contributed by atoms with Gasteiger partial charge in [0.05, 0.1) is 42.8 Å².